The Labute approximate surface area is 107 Å². The van der Waals surface area contributed by atoms with Gasteiger partial charge in [-0.15, -0.1) is 10.2 Å². The predicted octanol–water partition coefficient (Wildman–Crippen LogP) is 2.23. The lowest BCUT2D eigenvalue weighted by Crippen LogP contribution is -2.10. The number of furan rings is 1. The number of carbonyl (C=O) groups is 1. The molecule has 6 nitrogen and oxygen atoms in total. The summed E-state index contributed by atoms with van der Waals surface area (Å²) < 4.78 is 10.5. The third kappa shape index (κ3) is 2.27. The van der Waals surface area contributed by atoms with Crippen LogP contribution in [0.4, 0.5) is 5.13 Å². The minimum atomic E-state index is -0.324. The van der Waals surface area contributed by atoms with Gasteiger partial charge in [0.05, 0.1) is 6.26 Å². The van der Waals surface area contributed by atoms with Crippen molar-refractivity contribution in [1.82, 2.24) is 10.2 Å². The lowest BCUT2D eigenvalue weighted by atomic mass is 10.2. The van der Waals surface area contributed by atoms with Crippen molar-refractivity contribution in [1.29, 1.82) is 0 Å². The summed E-state index contributed by atoms with van der Waals surface area (Å²) in [7, 11) is 0. The highest BCUT2D eigenvalue weighted by atomic mass is 32.1. The molecule has 0 aromatic carbocycles. The number of aromatic nitrogens is 2. The Morgan fingerprint density at radius 1 is 1.50 bits per heavy atom. The molecule has 18 heavy (non-hydrogen) atoms. The summed E-state index contributed by atoms with van der Waals surface area (Å²) in [4.78, 5) is 11.7. The zero-order chi connectivity index (χ0) is 12.4. The van der Waals surface area contributed by atoms with Gasteiger partial charge in [0, 0.05) is 6.61 Å². The highest BCUT2D eigenvalue weighted by molar-refractivity contribution is 7.15. The standard InChI is InChI=1S/C11H11N3O3S/c15-9(7-3-1-5-16-7)12-11-14-13-10(18-11)8-4-2-6-17-8/h1,3,5,8H,2,4,6H2,(H,12,14,15). The van der Waals surface area contributed by atoms with Crippen LogP contribution in [0.1, 0.15) is 34.5 Å². The fourth-order valence-electron chi connectivity index (χ4n) is 1.75. The first kappa shape index (κ1) is 11.4. The lowest BCUT2D eigenvalue weighted by molar-refractivity contribution is 0.0996. The molecule has 0 radical (unpaired) electrons. The second-order valence-electron chi connectivity index (χ2n) is 3.88. The van der Waals surface area contributed by atoms with Crippen molar-refractivity contribution < 1.29 is 13.9 Å². The molecule has 1 unspecified atom stereocenters. The Morgan fingerprint density at radius 3 is 3.17 bits per heavy atom. The molecule has 7 heteroatoms. The van der Waals surface area contributed by atoms with Crippen LogP contribution in [0.25, 0.3) is 0 Å². The van der Waals surface area contributed by atoms with Crippen molar-refractivity contribution in [2.45, 2.75) is 18.9 Å². The quantitative estimate of drug-likeness (QED) is 0.920. The summed E-state index contributed by atoms with van der Waals surface area (Å²) in [5, 5.41) is 11.9. The van der Waals surface area contributed by atoms with Gasteiger partial charge < -0.3 is 9.15 Å². The minimum Gasteiger partial charge on any atom is -0.459 e. The van der Waals surface area contributed by atoms with Crippen molar-refractivity contribution in [3.63, 3.8) is 0 Å². The average molecular weight is 265 g/mol. The van der Waals surface area contributed by atoms with Crippen molar-refractivity contribution in [2.75, 3.05) is 11.9 Å². The van der Waals surface area contributed by atoms with Gasteiger partial charge in [-0.3, -0.25) is 10.1 Å². The maximum Gasteiger partial charge on any atom is 0.293 e. The fraction of sp³-hybridized carbons (Fsp3) is 0.364. The maximum atomic E-state index is 11.7. The van der Waals surface area contributed by atoms with Gasteiger partial charge in [0.2, 0.25) is 5.13 Å². The number of rotatable bonds is 3. The number of anilines is 1. The second-order valence-corrected chi connectivity index (χ2v) is 4.89. The number of amides is 1. The number of hydrogen-bond acceptors (Lipinski definition) is 6. The number of ether oxygens (including phenoxy) is 1. The molecular formula is C11H11N3O3S. The van der Waals surface area contributed by atoms with Crippen LogP contribution in [0.5, 0.6) is 0 Å². The molecule has 3 heterocycles. The summed E-state index contributed by atoms with van der Waals surface area (Å²) in [6.45, 7) is 0.762. The molecular weight excluding hydrogens is 254 g/mol. The van der Waals surface area contributed by atoms with Gasteiger partial charge in [-0.25, -0.2) is 0 Å². The average Bonchev–Trinajstić information content (AvgIpc) is 3.12. The van der Waals surface area contributed by atoms with Crippen LogP contribution >= 0.6 is 11.3 Å². The zero-order valence-electron chi connectivity index (χ0n) is 9.46. The van der Waals surface area contributed by atoms with Gasteiger partial charge in [-0.1, -0.05) is 11.3 Å². The van der Waals surface area contributed by atoms with Gasteiger partial charge in [-0.05, 0) is 25.0 Å². The van der Waals surface area contributed by atoms with E-state index in [2.05, 4.69) is 15.5 Å². The Morgan fingerprint density at radius 2 is 2.44 bits per heavy atom. The first-order valence-corrected chi connectivity index (χ1v) is 6.44. The first-order valence-electron chi connectivity index (χ1n) is 5.63. The molecule has 2 aromatic rings. The Hall–Kier alpha value is -1.73. The van der Waals surface area contributed by atoms with E-state index in [0.717, 1.165) is 24.5 Å². The summed E-state index contributed by atoms with van der Waals surface area (Å²) in [5.41, 5.74) is 0. The largest absolute Gasteiger partial charge is 0.459 e. The van der Waals surface area contributed by atoms with Gasteiger partial charge in [0.1, 0.15) is 11.1 Å². The second kappa shape index (κ2) is 4.87. The van der Waals surface area contributed by atoms with Gasteiger partial charge in [0.15, 0.2) is 5.76 Å². The summed E-state index contributed by atoms with van der Waals surface area (Å²) >= 11 is 1.33. The van der Waals surface area contributed by atoms with Gasteiger partial charge in [-0.2, -0.15) is 0 Å². The SMILES string of the molecule is O=C(Nc1nnc(C2CCCO2)s1)c1ccco1. The maximum absolute atomic E-state index is 11.7. The highest BCUT2D eigenvalue weighted by Crippen LogP contribution is 2.31. The molecule has 1 fully saturated rings. The van der Waals surface area contributed by atoms with E-state index < -0.39 is 0 Å². The molecule has 94 valence electrons. The fourth-order valence-corrected chi connectivity index (χ4v) is 2.58. The molecule has 2 aromatic heterocycles. The van der Waals surface area contributed by atoms with E-state index in [-0.39, 0.29) is 17.8 Å². The van der Waals surface area contributed by atoms with Gasteiger partial charge in [0.25, 0.3) is 5.91 Å². The third-order valence-corrected chi connectivity index (χ3v) is 3.54. The van der Waals surface area contributed by atoms with E-state index in [1.54, 1.807) is 12.1 Å². The van der Waals surface area contributed by atoms with E-state index in [9.17, 15) is 4.79 Å². The molecule has 0 spiro atoms. The highest BCUT2D eigenvalue weighted by Gasteiger charge is 2.22. The topological polar surface area (TPSA) is 77.2 Å². The lowest BCUT2D eigenvalue weighted by Gasteiger charge is -2.02. The van der Waals surface area contributed by atoms with E-state index in [1.807, 2.05) is 0 Å². The van der Waals surface area contributed by atoms with E-state index in [1.165, 1.54) is 17.6 Å². The van der Waals surface area contributed by atoms with Crippen LogP contribution in [0.2, 0.25) is 0 Å². The monoisotopic (exact) mass is 265 g/mol. The van der Waals surface area contributed by atoms with Crippen LogP contribution in [-0.2, 0) is 4.74 Å². The number of nitrogens with one attached hydrogen (secondary N) is 1. The van der Waals surface area contributed by atoms with E-state index in [0.29, 0.717) is 5.13 Å². The van der Waals surface area contributed by atoms with Crippen molar-refractivity contribution in [3.05, 3.63) is 29.2 Å². The van der Waals surface area contributed by atoms with Crippen molar-refractivity contribution in [2.24, 2.45) is 0 Å². The van der Waals surface area contributed by atoms with E-state index in [4.69, 9.17) is 9.15 Å². The number of hydrogen-bond donors (Lipinski definition) is 1. The Bertz CT molecular complexity index is 531. The molecule has 3 rings (SSSR count). The first-order chi connectivity index (χ1) is 8.83. The van der Waals surface area contributed by atoms with Crippen LogP contribution in [0.3, 0.4) is 0 Å². The molecule has 0 aliphatic carbocycles. The zero-order valence-corrected chi connectivity index (χ0v) is 10.3. The molecule has 0 bridgehead atoms. The molecule has 1 atom stereocenters. The Kier molecular flexibility index (Phi) is 3.07. The minimum absolute atomic E-state index is 0.0248. The van der Waals surface area contributed by atoms with Crippen molar-refractivity contribution >= 4 is 22.4 Å². The molecule has 1 aliphatic rings. The smallest absolute Gasteiger partial charge is 0.293 e. The van der Waals surface area contributed by atoms with Crippen molar-refractivity contribution in [3.8, 4) is 0 Å². The number of nitrogens with zero attached hydrogens (tertiary/aromatic N) is 2. The molecule has 1 amide bonds. The van der Waals surface area contributed by atoms with Crippen LogP contribution in [0.15, 0.2) is 22.8 Å². The van der Waals surface area contributed by atoms with Crippen LogP contribution in [-0.4, -0.2) is 22.7 Å². The summed E-state index contributed by atoms with van der Waals surface area (Å²) in [6, 6.07) is 3.25. The normalized spacial score (nSPS) is 19.0. The van der Waals surface area contributed by atoms with Gasteiger partial charge >= 0.3 is 0 Å². The van der Waals surface area contributed by atoms with Crippen LogP contribution < -0.4 is 5.32 Å². The summed E-state index contributed by atoms with van der Waals surface area (Å²) in [5.74, 6) is -0.0705. The molecule has 1 N–H and O–H groups in total. The predicted molar refractivity (Wildman–Crippen MR) is 64.5 cm³/mol. The summed E-state index contributed by atoms with van der Waals surface area (Å²) in [6.07, 6.45) is 3.48. The molecule has 0 saturated carbocycles. The number of carbonyl (C=O) groups excluding carboxylic acids is 1. The van der Waals surface area contributed by atoms with E-state index >= 15 is 0 Å². The van der Waals surface area contributed by atoms with Crippen LogP contribution in [0, 0.1) is 0 Å². The molecule has 1 aliphatic heterocycles. The third-order valence-electron chi connectivity index (χ3n) is 2.61. The molecule has 1 saturated heterocycles. The Balaban J connectivity index is 1.68.